The number of carboxylic acids is 1. The lowest BCUT2D eigenvalue weighted by Gasteiger charge is -2.44. The molecule has 7 nitrogen and oxygen atoms in total. The van der Waals surface area contributed by atoms with Crippen molar-refractivity contribution in [3.05, 3.63) is 46.2 Å². The van der Waals surface area contributed by atoms with Gasteiger partial charge in [0.05, 0.1) is 19.3 Å². The van der Waals surface area contributed by atoms with Crippen LogP contribution in [-0.4, -0.2) is 54.9 Å². The van der Waals surface area contributed by atoms with Gasteiger partial charge in [0.25, 0.3) is 0 Å². The highest BCUT2D eigenvalue weighted by atomic mass is 32.1. The standard InChI is InChI=1S/C21H24N2O5S/c1-27-17-5-3-2-4-16(17)23(12-15-6-7-19(29-15)20(24)25)21(26)28-18-13-22-10-8-14(18)9-11-22/h2-7,14,18H,8-13H2,1H3,(H,24,25)/t18-/m0/s1. The summed E-state index contributed by atoms with van der Waals surface area (Å²) in [5.74, 6) is -0.00264. The van der Waals surface area contributed by atoms with Crippen LogP contribution in [0.1, 0.15) is 27.4 Å². The molecule has 1 aromatic heterocycles. The molecular weight excluding hydrogens is 392 g/mol. The van der Waals surface area contributed by atoms with Crippen LogP contribution >= 0.6 is 11.3 Å². The van der Waals surface area contributed by atoms with Gasteiger partial charge in [-0.05, 0) is 56.1 Å². The molecule has 3 fully saturated rings. The highest BCUT2D eigenvalue weighted by Crippen LogP contribution is 2.33. The van der Waals surface area contributed by atoms with Crippen LogP contribution in [0.15, 0.2) is 36.4 Å². The maximum atomic E-state index is 13.2. The zero-order valence-electron chi connectivity index (χ0n) is 16.2. The fourth-order valence-electron chi connectivity index (χ4n) is 4.07. The quantitative estimate of drug-likeness (QED) is 0.774. The van der Waals surface area contributed by atoms with E-state index >= 15 is 0 Å². The Kier molecular flexibility index (Phi) is 5.73. The van der Waals surface area contributed by atoms with Gasteiger partial charge in [0.15, 0.2) is 0 Å². The topological polar surface area (TPSA) is 79.3 Å². The molecule has 1 amide bonds. The van der Waals surface area contributed by atoms with E-state index in [1.54, 1.807) is 25.3 Å². The van der Waals surface area contributed by atoms with Crippen molar-refractivity contribution in [1.82, 2.24) is 4.90 Å². The van der Waals surface area contributed by atoms with Crippen molar-refractivity contribution in [2.45, 2.75) is 25.5 Å². The number of anilines is 1. The predicted octanol–water partition coefficient (Wildman–Crippen LogP) is 3.69. The number of thiophene rings is 1. The number of carbonyl (C=O) groups excluding carboxylic acids is 1. The van der Waals surface area contributed by atoms with Gasteiger partial charge in [0, 0.05) is 11.4 Å². The molecular formula is C21H24N2O5S. The van der Waals surface area contributed by atoms with Crippen molar-refractivity contribution in [2.24, 2.45) is 5.92 Å². The first-order valence-electron chi connectivity index (χ1n) is 9.70. The largest absolute Gasteiger partial charge is 0.495 e. The van der Waals surface area contributed by atoms with Gasteiger partial charge in [0.2, 0.25) is 0 Å². The summed E-state index contributed by atoms with van der Waals surface area (Å²) >= 11 is 1.15. The Balaban J connectivity index is 1.58. The minimum absolute atomic E-state index is 0.111. The third-order valence-electron chi connectivity index (χ3n) is 5.63. The third-order valence-corrected chi connectivity index (χ3v) is 6.69. The van der Waals surface area contributed by atoms with E-state index in [1.807, 2.05) is 18.2 Å². The van der Waals surface area contributed by atoms with E-state index in [9.17, 15) is 14.7 Å². The smallest absolute Gasteiger partial charge is 0.415 e. The number of carboxylic acid groups (broad SMARTS) is 1. The SMILES string of the molecule is COc1ccccc1N(Cc1ccc(C(=O)O)s1)C(=O)O[C@H]1CN2CCC1CC2. The van der Waals surface area contributed by atoms with Crippen LogP contribution in [0.4, 0.5) is 10.5 Å². The number of hydrogen-bond acceptors (Lipinski definition) is 6. The fourth-order valence-corrected chi connectivity index (χ4v) is 4.91. The predicted molar refractivity (Wildman–Crippen MR) is 110 cm³/mol. The van der Waals surface area contributed by atoms with Crippen LogP contribution < -0.4 is 9.64 Å². The summed E-state index contributed by atoms with van der Waals surface area (Å²) in [6.07, 6.45) is 1.57. The highest BCUT2D eigenvalue weighted by molar-refractivity contribution is 7.13. The number of piperidine rings is 3. The molecule has 8 heteroatoms. The average Bonchev–Trinajstić information content (AvgIpc) is 3.22. The minimum Gasteiger partial charge on any atom is -0.495 e. The van der Waals surface area contributed by atoms with Gasteiger partial charge in [-0.1, -0.05) is 12.1 Å². The molecule has 0 spiro atoms. The first kappa shape index (κ1) is 19.7. The second-order valence-electron chi connectivity index (χ2n) is 7.39. The number of para-hydroxylation sites is 2. The Bertz CT molecular complexity index is 891. The van der Waals surface area contributed by atoms with Crippen molar-refractivity contribution >= 4 is 29.1 Å². The van der Waals surface area contributed by atoms with Gasteiger partial charge in [-0.2, -0.15) is 0 Å². The molecule has 1 atom stereocenters. The molecule has 0 aliphatic carbocycles. The summed E-state index contributed by atoms with van der Waals surface area (Å²) in [4.78, 5) is 29.3. The summed E-state index contributed by atoms with van der Waals surface area (Å²) in [6.45, 7) is 3.14. The van der Waals surface area contributed by atoms with Crippen LogP contribution in [-0.2, 0) is 11.3 Å². The van der Waals surface area contributed by atoms with Crippen LogP contribution in [0, 0.1) is 5.92 Å². The number of fused-ring (bicyclic) bond motifs is 3. The summed E-state index contributed by atoms with van der Waals surface area (Å²) in [7, 11) is 1.56. The summed E-state index contributed by atoms with van der Waals surface area (Å²) < 4.78 is 11.4. The first-order valence-corrected chi connectivity index (χ1v) is 10.5. The Morgan fingerprint density at radius 2 is 1.97 bits per heavy atom. The van der Waals surface area contributed by atoms with Crippen molar-refractivity contribution in [3.8, 4) is 5.75 Å². The molecule has 0 saturated carbocycles. The zero-order valence-corrected chi connectivity index (χ0v) is 17.1. The molecule has 29 heavy (non-hydrogen) atoms. The molecule has 2 aromatic rings. The lowest BCUT2D eigenvalue weighted by Crippen LogP contribution is -2.53. The third kappa shape index (κ3) is 4.23. The molecule has 0 radical (unpaired) electrons. The lowest BCUT2D eigenvalue weighted by atomic mass is 9.86. The number of benzene rings is 1. The Morgan fingerprint density at radius 1 is 1.21 bits per heavy atom. The van der Waals surface area contributed by atoms with Crippen LogP contribution in [0.5, 0.6) is 5.75 Å². The van der Waals surface area contributed by atoms with Crippen molar-refractivity contribution in [2.75, 3.05) is 31.6 Å². The molecule has 1 aromatic carbocycles. The van der Waals surface area contributed by atoms with Crippen LogP contribution in [0.3, 0.4) is 0 Å². The maximum Gasteiger partial charge on any atom is 0.415 e. The number of ether oxygens (including phenoxy) is 2. The van der Waals surface area contributed by atoms with Gasteiger partial charge in [-0.3, -0.25) is 9.80 Å². The molecule has 2 bridgehead atoms. The molecule has 3 saturated heterocycles. The van der Waals surface area contributed by atoms with E-state index < -0.39 is 12.1 Å². The van der Waals surface area contributed by atoms with Gasteiger partial charge >= 0.3 is 12.1 Å². The van der Waals surface area contributed by atoms with E-state index in [0.717, 1.165) is 48.7 Å². The number of amides is 1. The highest BCUT2D eigenvalue weighted by Gasteiger charge is 2.37. The normalized spacial score (nSPS) is 22.9. The van der Waals surface area contributed by atoms with E-state index in [-0.39, 0.29) is 17.5 Å². The first-order chi connectivity index (χ1) is 14.0. The fraction of sp³-hybridized carbons (Fsp3) is 0.429. The number of carbonyl (C=O) groups is 2. The molecule has 5 rings (SSSR count). The van der Waals surface area contributed by atoms with Gasteiger partial charge < -0.3 is 14.6 Å². The van der Waals surface area contributed by atoms with Gasteiger partial charge in [0.1, 0.15) is 16.7 Å². The van der Waals surface area contributed by atoms with Crippen LogP contribution in [0.25, 0.3) is 0 Å². The number of hydrogen-bond donors (Lipinski definition) is 1. The number of methoxy groups -OCH3 is 1. The zero-order chi connectivity index (χ0) is 20.4. The van der Waals surface area contributed by atoms with Crippen LogP contribution in [0.2, 0.25) is 0 Å². The summed E-state index contributed by atoms with van der Waals surface area (Å²) in [5.41, 5.74) is 0.603. The number of rotatable bonds is 6. The molecule has 3 aliphatic heterocycles. The van der Waals surface area contributed by atoms with E-state index in [0.29, 0.717) is 17.4 Å². The van der Waals surface area contributed by atoms with E-state index in [2.05, 4.69) is 4.90 Å². The minimum atomic E-state index is -0.972. The van der Waals surface area contributed by atoms with Gasteiger partial charge in [-0.15, -0.1) is 11.3 Å². The maximum absolute atomic E-state index is 13.2. The second kappa shape index (κ2) is 8.42. The second-order valence-corrected chi connectivity index (χ2v) is 8.56. The van der Waals surface area contributed by atoms with Crippen molar-refractivity contribution in [1.29, 1.82) is 0 Å². The van der Waals surface area contributed by atoms with Crippen molar-refractivity contribution < 1.29 is 24.2 Å². The van der Waals surface area contributed by atoms with E-state index in [1.165, 1.54) is 4.90 Å². The lowest BCUT2D eigenvalue weighted by molar-refractivity contribution is -0.0311. The number of aromatic carboxylic acids is 1. The Hall–Kier alpha value is -2.58. The molecule has 0 unspecified atom stereocenters. The Labute approximate surface area is 173 Å². The molecule has 1 N–H and O–H groups in total. The number of nitrogens with zero attached hydrogens (tertiary/aromatic N) is 2. The monoisotopic (exact) mass is 416 g/mol. The molecule has 3 aliphatic rings. The summed E-state index contributed by atoms with van der Waals surface area (Å²) in [6, 6.07) is 10.6. The van der Waals surface area contributed by atoms with Gasteiger partial charge in [-0.25, -0.2) is 9.59 Å². The molecule has 154 valence electrons. The Morgan fingerprint density at radius 3 is 2.59 bits per heavy atom. The molecule has 4 heterocycles. The van der Waals surface area contributed by atoms with Crippen molar-refractivity contribution in [3.63, 3.8) is 0 Å². The average molecular weight is 416 g/mol. The van der Waals surface area contributed by atoms with E-state index in [4.69, 9.17) is 9.47 Å². The summed E-state index contributed by atoms with van der Waals surface area (Å²) in [5, 5.41) is 9.20.